The van der Waals surface area contributed by atoms with Crippen molar-refractivity contribution in [1.29, 1.82) is 0 Å². The number of primary amides is 1. The maximum atomic E-state index is 12.9. The van der Waals surface area contributed by atoms with Gasteiger partial charge in [0, 0.05) is 6.42 Å². The monoisotopic (exact) mass is 473 g/mol. The minimum absolute atomic E-state index is 0.0853. The lowest BCUT2D eigenvalue weighted by Crippen LogP contribution is -2.55. The smallest absolute Gasteiger partial charge is 0.408 e. The maximum absolute atomic E-state index is 12.9. The number of alkyl carbamates (subject to hydrolysis) is 1. The highest BCUT2D eigenvalue weighted by Crippen LogP contribution is 2.20. The van der Waals surface area contributed by atoms with Crippen LogP contribution in [0, 0.1) is 5.92 Å². The number of carbonyl (C=O) groups excluding carboxylic acids is 3. The second kappa shape index (κ2) is 12.4. The number of nitrogens with two attached hydrogens (primary N) is 1. The largest absolute Gasteiger partial charge is 0.445 e. The number of ether oxygens (including phenoxy) is 1. The normalized spacial score (nSPS) is 12.4. The third-order valence-electron chi connectivity index (χ3n) is 5.60. The number of hydrogen-bond acceptors (Lipinski definition) is 4. The molecule has 3 rings (SSSR count). The van der Waals surface area contributed by atoms with E-state index in [-0.39, 0.29) is 18.9 Å². The zero-order valence-electron chi connectivity index (χ0n) is 19.9. The topological polar surface area (TPSA) is 111 Å². The van der Waals surface area contributed by atoms with Gasteiger partial charge in [0.2, 0.25) is 11.8 Å². The highest BCUT2D eigenvalue weighted by Gasteiger charge is 2.28. The van der Waals surface area contributed by atoms with E-state index in [2.05, 4.69) is 10.6 Å². The number of nitrogens with one attached hydrogen (secondary N) is 2. The predicted octanol–water partition coefficient (Wildman–Crippen LogP) is 3.82. The lowest BCUT2D eigenvalue weighted by Gasteiger charge is -2.24. The van der Waals surface area contributed by atoms with Crippen molar-refractivity contribution in [3.05, 3.63) is 96.1 Å². The van der Waals surface area contributed by atoms with Crippen molar-refractivity contribution in [2.75, 3.05) is 0 Å². The van der Waals surface area contributed by atoms with Crippen LogP contribution in [0.3, 0.4) is 0 Å². The van der Waals surface area contributed by atoms with Gasteiger partial charge in [0.25, 0.3) is 0 Å². The summed E-state index contributed by atoms with van der Waals surface area (Å²) < 4.78 is 5.23. The molecule has 2 atom stereocenters. The van der Waals surface area contributed by atoms with Gasteiger partial charge < -0.3 is 21.1 Å². The van der Waals surface area contributed by atoms with Gasteiger partial charge in [-0.05, 0) is 28.2 Å². The molecule has 7 nitrogen and oxygen atoms in total. The molecule has 0 aliphatic heterocycles. The van der Waals surface area contributed by atoms with Gasteiger partial charge in [-0.25, -0.2) is 4.79 Å². The molecule has 0 saturated heterocycles. The molecule has 4 N–H and O–H groups in total. The fourth-order valence-corrected chi connectivity index (χ4v) is 3.61. The summed E-state index contributed by atoms with van der Waals surface area (Å²) in [6.07, 6.45) is -0.478. The predicted molar refractivity (Wildman–Crippen MR) is 135 cm³/mol. The molecule has 35 heavy (non-hydrogen) atoms. The SMILES string of the molecule is CC(C)[C@H](NC(=O)OCc1ccccc1)C(=O)N[C@H](Cc1ccc(-c2ccccc2)cc1)C(N)=O. The number of carbonyl (C=O) groups is 3. The fourth-order valence-electron chi connectivity index (χ4n) is 3.61. The van der Waals surface area contributed by atoms with Crippen LogP contribution in [0.15, 0.2) is 84.9 Å². The van der Waals surface area contributed by atoms with E-state index in [0.29, 0.717) is 0 Å². The first-order chi connectivity index (χ1) is 16.8. The molecule has 3 aromatic rings. The minimum Gasteiger partial charge on any atom is -0.445 e. The van der Waals surface area contributed by atoms with E-state index < -0.39 is 30.0 Å². The van der Waals surface area contributed by atoms with Crippen LogP contribution in [-0.4, -0.2) is 30.0 Å². The number of hydrogen-bond donors (Lipinski definition) is 3. The third kappa shape index (κ3) is 7.71. The molecule has 0 fully saturated rings. The van der Waals surface area contributed by atoms with Gasteiger partial charge in [0.15, 0.2) is 0 Å². The third-order valence-corrected chi connectivity index (χ3v) is 5.60. The van der Waals surface area contributed by atoms with Crippen molar-refractivity contribution < 1.29 is 19.1 Å². The average molecular weight is 474 g/mol. The molecule has 7 heteroatoms. The van der Waals surface area contributed by atoms with Crippen molar-refractivity contribution in [1.82, 2.24) is 10.6 Å². The molecule has 0 unspecified atom stereocenters. The number of benzene rings is 3. The summed E-state index contributed by atoms with van der Waals surface area (Å²) in [4.78, 5) is 37.3. The zero-order valence-corrected chi connectivity index (χ0v) is 19.9. The standard InChI is InChI=1S/C28H31N3O4/c1-19(2)25(31-28(34)35-18-21-9-5-3-6-10-21)27(33)30-24(26(29)32)17-20-13-15-23(16-14-20)22-11-7-4-8-12-22/h3-16,19,24-25H,17-18H2,1-2H3,(H2,29,32)(H,30,33)(H,31,34)/t24-,25+/m1/s1. The van der Waals surface area contributed by atoms with Crippen LogP contribution in [0.25, 0.3) is 11.1 Å². The quantitative estimate of drug-likeness (QED) is 0.416. The van der Waals surface area contributed by atoms with Crippen LogP contribution in [-0.2, 0) is 27.4 Å². The van der Waals surface area contributed by atoms with Gasteiger partial charge >= 0.3 is 6.09 Å². The first-order valence-corrected chi connectivity index (χ1v) is 11.5. The van der Waals surface area contributed by atoms with E-state index in [1.807, 2.05) is 84.9 Å². The molecule has 0 aromatic heterocycles. The van der Waals surface area contributed by atoms with Gasteiger partial charge in [0.05, 0.1) is 0 Å². The Morgan fingerprint density at radius 2 is 1.34 bits per heavy atom. The number of amides is 3. The van der Waals surface area contributed by atoms with Gasteiger partial charge in [-0.3, -0.25) is 9.59 Å². The summed E-state index contributed by atoms with van der Waals surface area (Å²) in [6, 6.07) is 25.1. The Kier molecular flexibility index (Phi) is 9.01. The molecular weight excluding hydrogens is 442 g/mol. The summed E-state index contributed by atoms with van der Waals surface area (Å²) in [5.74, 6) is -1.39. The Morgan fingerprint density at radius 3 is 1.91 bits per heavy atom. The van der Waals surface area contributed by atoms with Crippen molar-refractivity contribution in [2.24, 2.45) is 11.7 Å². The maximum Gasteiger partial charge on any atom is 0.408 e. The molecule has 0 bridgehead atoms. The summed E-state index contributed by atoms with van der Waals surface area (Å²) in [5, 5.41) is 5.28. The molecular formula is C28H31N3O4. The van der Waals surface area contributed by atoms with Crippen LogP contribution in [0.1, 0.15) is 25.0 Å². The van der Waals surface area contributed by atoms with E-state index >= 15 is 0 Å². The molecule has 3 aromatic carbocycles. The van der Waals surface area contributed by atoms with E-state index in [4.69, 9.17) is 10.5 Å². The van der Waals surface area contributed by atoms with Crippen molar-refractivity contribution in [2.45, 2.75) is 39.0 Å². The van der Waals surface area contributed by atoms with Crippen molar-refractivity contribution in [3.8, 4) is 11.1 Å². The highest BCUT2D eigenvalue weighted by molar-refractivity contribution is 5.91. The van der Waals surface area contributed by atoms with E-state index in [1.54, 1.807) is 13.8 Å². The molecule has 0 aliphatic carbocycles. The second-order valence-corrected chi connectivity index (χ2v) is 8.66. The molecule has 0 spiro atoms. The molecule has 3 amide bonds. The van der Waals surface area contributed by atoms with Crippen LogP contribution in [0.5, 0.6) is 0 Å². The summed E-state index contributed by atoms with van der Waals surface area (Å²) in [5.41, 5.74) is 9.40. The fraction of sp³-hybridized carbons (Fsp3) is 0.250. The first kappa shape index (κ1) is 25.5. The molecule has 182 valence electrons. The summed E-state index contributed by atoms with van der Waals surface area (Å²) in [7, 11) is 0. The van der Waals surface area contributed by atoms with Crippen LogP contribution in [0.2, 0.25) is 0 Å². The van der Waals surface area contributed by atoms with Gasteiger partial charge in [0.1, 0.15) is 18.7 Å². The molecule has 0 heterocycles. The second-order valence-electron chi connectivity index (χ2n) is 8.66. The summed E-state index contributed by atoms with van der Waals surface area (Å²) >= 11 is 0. The Morgan fingerprint density at radius 1 is 0.771 bits per heavy atom. The van der Waals surface area contributed by atoms with Gasteiger partial charge in [-0.15, -0.1) is 0 Å². The lowest BCUT2D eigenvalue weighted by atomic mass is 9.99. The minimum atomic E-state index is -0.923. The average Bonchev–Trinajstić information content (AvgIpc) is 2.87. The van der Waals surface area contributed by atoms with E-state index in [0.717, 1.165) is 22.3 Å². The first-order valence-electron chi connectivity index (χ1n) is 11.5. The Labute approximate surface area is 205 Å². The van der Waals surface area contributed by atoms with E-state index in [9.17, 15) is 14.4 Å². The van der Waals surface area contributed by atoms with Gasteiger partial charge in [-0.1, -0.05) is 98.8 Å². The highest BCUT2D eigenvalue weighted by atomic mass is 16.5. The summed E-state index contributed by atoms with van der Waals surface area (Å²) in [6.45, 7) is 3.68. The Hall–Kier alpha value is -4.13. The lowest BCUT2D eigenvalue weighted by molar-refractivity contribution is -0.129. The van der Waals surface area contributed by atoms with Gasteiger partial charge in [-0.2, -0.15) is 0 Å². The van der Waals surface area contributed by atoms with Crippen molar-refractivity contribution >= 4 is 17.9 Å². The molecule has 0 aliphatic rings. The van der Waals surface area contributed by atoms with Crippen LogP contribution in [0.4, 0.5) is 4.79 Å². The Bertz CT molecular complexity index is 1120. The van der Waals surface area contributed by atoms with E-state index in [1.165, 1.54) is 0 Å². The van der Waals surface area contributed by atoms with Crippen molar-refractivity contribution in [3.63, 3.8) is 0 Å². The zero-order chi connectivity index (χ0) is 25.2. The molecule has 0 radical (unpaired) electrons. The molecule has 0 saturated carbocycles. The van der Waals surface area contributed by atoms with Crippen LogP contribution >= 0.6 is 0 Å². The Balaban J connectivity index is 1.60. The van der Waals surface area contributed by atoms with Crippen LogP contribution < -0.4 is 16.4 Å². The number of rotatable bonds is 10.